The van der Waals surface area contributed by atoms with Crippen LogP contribution in [0.3, 0.4) is 0 Å². The highest BCUT2D eigenvalue weighted by atomic mass is 32.2. The zero-order valence-corrected chi connectivity index (χ0v) is 16.7. The summed E-state index contributed by atoms with van der Waals surface area (Å²) in [6, 6.07) is 18.6. The molecule has 0 bridgehead atoms. The lowest BCUT2D eigenvalue weighted by Gasteiger charge is -2.28. The van der Waals surface area contributed by atoms with E-state index in [-0.39, 0.29) is 11.9 Å². The number of methoxy groups -OCH3 is 1. The first-order valence-corrected chi connectivity index (χ1v) is 10.7. The first kappa shape index (κ1) is 19.8. The largest absolute Gasteiger partial charge is 0.497 e. The molecule has 0 aliphatic carbocycles. The lowest BCUT2D eigenvalue weighted by Crippen LogP contribution is -2.43. The molecule has 1 atom stereocenters. The Hall–Kier alpha value is -1.98. The Labute approximate surface area is 166 Å². The maximum absolute atomic E-state index is 13.0. The van der Waals surface area contributed by atoms with Gasteiger partial charge in [0.05, 0.1) is 7.11 Å². The Bertz CT molecular complexity index is 700. The number of benzene rings is 2. The summed E-state index contributed by atoms with van der Waals surface area (Å²) in [5.41, 5.74) is 2.39. The fourth-order valence-electron chi connectivity index (χ4n) is 3.24. The Balaban J connectivity index is 1.63. The maximum atomic E-state index is 13.0. The van der Waals surface area contributed by atoms with Crippen molar-refractivity contribution in [3.05, 3.63) is 65.7 Å². The van der Waals surface area contributed by atoms with Gasteiger partial charge in [0.25, 0.3) is 0 Å². The molecule has 1 N–H and O–H groups in total. The third-order valence-corrected chi connectivity index (χ3v) is 5.95. The standard InChI is InChI=1S/C22H28N2O2S/c1-26-21-9-7-18(8-10-21)11-13-24(16-19-5-3-2-4-6-19)22(25)15-20-17-27-14-12-23-20/h2-10,20,23H,11-17H2,1H3. The van der Waals surface area contributed by atoms with E-state index in [0.717, 1.165) is 36.8 Å². The van der Waals surface area contributed by atoms with Gasteiger partial charge in [-0.1, -0.05) is 42.5 Å². The van der Waals surface area contributed by atoms with E-state index in [1.165, 1.54) is 11.1 Å². The van der Waals surface area contributed by atoms with Crippen LogP contribution < -0.4 is 10.1 Å². The number of hydrogen-bond acceptors (Lipinski definition) is 4. The van der Waals surface area contributed by atoms with Gasteiger partial charge in [-0.2, -0.15) is 11.8 Å². The van der Waals surface area contributed by atoms with Crippen LogP contribution in [0.5, 0.6) is 5.75 Å². The van der Waals surface area contributed by atoms with Gasteiger partial charge in [-0.05, 0) is 29.7 Å². The van der Waals surface area contributed by atoms with Crippen molar-refractivity contribution in [1.29, 1.82) is 0 Å². The third kappa shape index (κ3) is 6.29. The number of thioether (sulfide) groups is 1. The van der Waals surface area contributed by atoms with E-state index in [2.05, 4.69) is 29.6 Å². The molecule has 0 aromatic heterocycles. The molecule has 1 amide bonds. The van der Waals surface area contributed by atoms with Crippen molar-refractivity contribution in [2.45, 2.75) is 25.4 Å². The molecule has 2 aromatic rings. The average molecular weight is 385 g/mol. The molecule has 0 saturated carbocycles. The van der Waals surface area contributed by atoms with Gasteiger partial charge in [0.15, 0.2) is 0 Å². The van der Waals surface area contributed by atoms with Crippen LogP contribution in [-0.2, 0) is 17.8 Å². The number of carbonyl (C=O) groups excluding carboxylic acids is 1. The summed E-state index contributed by atoms with van der Waals surface area (Å²) < 4.78 is 5.22. The SMILES string of the molecule is COc1ccc(CCN(Cc2ccccc2)C(=O)CC2CSCCN2)cc1. The number of ether oxygens (including phenoxy) is 1. The summed E-state index contributed by atoms with van der Waals surface area (Å²) in [6.07, 6.45) is 1.41. The zero-order valence-electron chi connectivity index (χ0n) is 15.9. The van der Waals surface area contributed by atoms with Gasteiger partial charge >= 0.3 is 0 Å². The van der Waals surface area contributed by atoms with E-state index in [4.69, 9.17) is 4.74 Å². The van der Waals surface area contributed by atoms with Gasteiger partial charge in [0.2, 0.25) is 5.91 Å². The summed E-state index contributed by atoms with van der Waals surface area (Å²) in [7, 11) is 1.67. The van der Waals surface area contributed by atoms with Crippen LogP contribution in [-0.4, -0.2) is 48.6 Å². The topological polar surface area (TPSA) is 41.6 Å². The van der Waals surface area contributed by atoms with E-state index in [1.807, 2.05) is 47.0 Å². The molecule has 144 valence electrons. The smallest absolute Gasteiger partial charge is 0.224 e. The number of amides is 1. The van der Waals surface area contributed by atoms with Gasteiger partial charge in [0.1, 0.15) is 5.75 Å². The van der Waals surface area contributed by atoms with Crippen molar-refractivity contribution in [1.82, 2.24) is 10.2 Å². The fraction of sp³-hybridized carbons (Fsp3) is 0.409. The van der Waals surface area contributed by atoms with Gasteiger partial charge < -0.3 is 15.0 Å². The molecule has 1 heterocycles. The lowest BCUT2D eigenvalue weighted by atomic mass is 10.1. The normalized spacial score (nSPS) is 16.7. The summed E-state index contributed by atoms with van der Waals surface area (Å²) in [4.78, 5) is 15.0. The first-order valence-electron chi connectivity index (χ1n) is 9.50. The highest BCUT2D eigenvalue weighted by Crippen LogP contribution is 2.15. The van der Waals surface area contributed by atoms with Crippen LogP contribution in [0.1, 0.15) is 17.5 Å². The summed E-state index contributed by atoms with van der Waals surface area (Å²) in [5.74, 6) is 3.24. The zero-order chi connectivity index (χ0) is 18.9. The number of nitrogens with zero attached hydrogens (tertiary/aromatic N) is 1. The molecule has 27 heavy (non-hydrogen) atoms. The second kappa shape index (κ2) is 10.4. The van der Waals surface area contributed by atoms with E-state index in [1.54, 1.807) is 7.11 Å². The molecular weight excluding hydrogens is 356 g/mol. The monoisotopic (exact) mass is 384 g/mol. The minimum Gasteiger partial charge on any atom is -0.497 e. The second-order valence-corrected chi connectivity index (χ2v) is 7.98. The Morgan fingerprint density at radius 3 is 2.59 bits per heavy atom. The van der Waals surface area contributed by atoms with Crippen molar-refractivity contribution in [2.75, 3.05) is 31.7 Å². The second-order valence-electron chi connectivity index (χ2n) is 6.83. The van der Waals surface area contributed by atoms with Crippen molar-refractivity contribution in [3.63, 3.8) is 0 Å². The van der Waals surface area contributed by atoms with Crippen LogP contribution in [0.15, 0.2) is 54.6 Å². The molecular formula is C22H28N2O2S. The van der Waals surface area contributed by atoms with Crippen molar-refractivity contribution in [2.24, 2.45) is 0 Å². The highest BCUT2D eigenvalue weighted by molar-refractivity contribution is 7.99. The Morgan fingerprint density at radius 1 is 1.15 bits per heavy atom. The van der Waals surface area contributed by atoms with Crippen LogP contribution in [0, 0.1) is 0 Å². The molecule has 1 aliphatic rings. The Kier molecular flexibility index (Phi) is 7.60. The van der Waals surface area contributed by atoms with Crippen molar-refractivity contribution >= 4 is 17.7 Å². The van der Waals surface area contributed by atoms with E-state index in [0.29, 0.717) is 13.0 Å². The summed E-state index contributed by atoms with van der Waals surface area (Å²) in [6.45, 7) is 2.38. The molecule has 4 nitrogen and oxygen atoms in total. The van der Waals surface area contributed by atoms with E-state index >= 15 is 0 Å². The van der Waals surface area contributed by atoms with Crippen LogP contribution in [0.25, 0.3) is 0 Å². The minimum atomic E-state index is 0.229. The molecule has 5 heteroatoms. The van der Waals surface area contributed by atoms with Crippen molar-refractivity contribution in [3.8, 4) is 5.75 Å². The molecule has 1 fully saturated rings. The predicted molar refractivity (Wildman–Crippen MR) is 112 cm³/mol. The van der Waals surface area contributed by atoms with Gasteiger partial charge in [-0.3, -0.25) is 4.79 Å². The van der Waals surface area contributed by atoms with Crippen LogP contribution in [0.2, 0.25) is 0 Å². The van der Waals surface area contributed by atoms with E-state index < -0.39 is 0 Å². The van der Waals surface area contributed by atoms with Gasteiger partial charge in [-0.25, -0.2) is 0 Å². The van der Waals surface area contributed by atoms with Gasteiger partial charge in [0, 0.05) is 43.6 Å². The third-order valence-electron chi connectivity index (χ3n) is 4.82. The summed E-state index contributed by atoms with van der Waals surface area (Å²) in [5, 5.41) is 3.47. The molecule has 0 spiro atoms. The lowest BCUT2D eigenvalue weighted by molar-refractivity contribution is -0.132. The maximum Gasteiger partial charge on any atom is 0.224 e. The Morgan fingerprint density at radius 2 is 1.93 bits per heavy atom. The summed E-state index contributed by atoms with van der Waals surface area (Å²) >= 11 is 1.93. The number of carbonyl (C=O) groups is 1. The minimum absolute atomic E-state index is 0.229. The molecule has 1 unspecified atom stereocenters. The molecule has 1 saturated heterocycles. The first-order chi connectivity index (χ1) is 13.2. The predicted octanol–water partition coefficient (Wildman–Crippen LogP) is 3.36. The highest BCUT2D eigenvalue weighted by Gasteiger charge is 2.21. The van der Waals surface area contributed by atoms with E-state index in [9.17, 15) is 4.79 Å². The molecule has 2 aromatic carbocycles. The molecule has 3 rings (SSSR count). The fourth-order valence-corrected chi connectivity index (χ4v) is 4.19. The van der Waals surface area contributed by atoms with Crippen LogP contribution in [0.4, 0.5) is 0 Å². The van der Waals surface area contributed by atoms with Crippen molar-refractivity contribution < 1.29 is 9.53 Å². The molecule has 0 radical (unpaired) electrons. The quantitative estimate of drug-likeness (QED) is 0.758. The number of rotatable bonds is 8. The van der Waals surface area contributed by atoms with Crippen LogP contribution >= 0.6 is 11.8 Å². The molecule has 1 aliphatic heterocycles. The van der Waals surface area contributed by atoms with Gasteiger partial charge in [-0.15, -0.1) is 0 Å². The average Bonchev–Trinajstić information content (AvgIpc) is 2.73. The number of hydrogen-bond donors (Lipinski definition) is 1. The number of nitrogens with one attached hydrogen (secondary N) is 1.